The summed E-state index contributed by atoms with van der Waals surface area (Å²) in [7, 11) is 0. The minimum atomic E-state index is -0.346. The molecule has 0 radical (unpaired) electrons. The molecule has 0 amide bonds. The van der Waals surface area contributed by atoms with Crippen LogP contribution in [-0.2, 0) is 0 Å². The molecule has 2 aromatic heterocycles. The van der Waals surface area contributed by atoms with Crippen molar-refractivity contribution in [3.8, 4) is 11.4 Å². The minimum Gasteiger partial charge on any atom is -0.322 e. The third kappa shape index (κ3) is 2.19. The monoisotopic (exact) mass is 223 g/mol. The molecular weight excluding hydrogens is 213 g/mol. The van der Waals surface area contributed by atoms with Gasteiger partial charge in [-0.3, -0.25) is 4.98 Å². The molecule has 0 saturated heterocycles. The summed E-state index contributed by atoms with van der Waals surface area (Å²) in [6.45, 7) is 1.88. The first-order valence-corrected chi connectivity index (χ1v) is 5.37. The molecule has 2 heterocycles. The normalized spacial score (nSPS) is 12.7. The van der Waals surface area contributed by atoms with Crippen molar-refractivity contribution < 1.29 is 4.39 Å². The van der Waals surface area contributed by atoms with Crippen molar-refractivity contribution in [2.45, 2.75) is 13.0 Å². The standard InChI is InChI=1S/C10H10FN3S/c1-6(12)10-14-9(5-15-10)8-3-2-7(11)4-13-8/h2-6H,12H2,1H3. The minimum absolute atomic E-state index is 0.0794. The number of hydrogen-bond acceptors (Lipinski definition) is 4. The zero-order valence-corrected chi connectivity index (χ0v) is 8.96. The van der Waals surface area contributed by atoms with Gasteiger partial charge in [0.05, 0.1) is 23.6 Å². The third-order valence-electron chi connectivity index (χ3n) is 1.90. The molecule has 0 aliphatic heterocycles. The quantitative estimate of drug-likeness (QED) is 0.850. The van der Waals surface area contributed by atoms with E-state index < -0.39 is 0 Å². The zero-order chi connectivity index (χ0) is 10.8. The highest BCUT2D eigenvalue weighted by Crippen LogP contribution is 2.22. The van der Waals surface area contributed by atoms with Gasteiger partial charge in [0.25, 0.3) is 0 Å². The van der Waals surface area contributed by atoms with E-state index in [4.69, 9.17) is 5.73 Å². The molecule has 1 atom stereocenters. The van der Waals surface area contributed by atoms with Crippen LogP contribution < -0.4 is 5.73 Å². The van der Waals surface area contributed by atoms with E-state index in [2.05, 4.69) is 9.97 Å². The Bertz CT molecular complexity index is 450. The summed E-state index contributed by atoms with van der Waals surface area (Å²) in [5, 5.41) is 2.73. The Labute approximate surface area is 90.8 Å². The topological polar surface area (TPSA) is 51.8 Å². The molecule has 3 nitrogen and oxygen atoms in total. The van der Waals surface area contributed by atoms with E-state index in [1.807, 2.05) is 12.3 Å². The van der Waals surface area contributed by atoms with Gasteiger partial charge in [-0.2, -0.15) is 0 Å². The van der Waals surface area contributed by atoms with E-state index in [0.29, 0.717) is 5.69 Å². The van der Waals surface area contributed by atoms with Crippen LogP contribution in [0.25, 0.3) is 11.4 Å². The smallest absolute Gasteiger partial charge is 0.141 e. The lowest BCUT2D eigenvalue weighted by Crippen LogP contribution is -2.03. The Morgan fingerprint density at radius 2 is 2.20 bits per heavy atom. The number of thiazole rings is 1. The van der Waals surface area contributed by atoms with Crippen molar-refractivity contribution in [3.63, 3.8) is 0 Å². The highest BCUT2D eigenvalue weighted by atomic mass is 32.1. The molecule has 2 N–H and O–H groups in total. The molecule has 1 unspecified atom stereocenters. The van der Waals surface area contributed by atoms with Gasteiger partial charge in [0.15, 0.2) is 0 Å². The van der Waals surface area contributed by atoms with Gasteiger partial charge in [-0.15, -0.1) is 11.3 Å². The Morgan fingerprint density at radius 1 is 1.40 bits per heavy atom. The van der Waals surface area contributed by atoms with Crippen molar-refractivity contribution >= 4 is 11.3 Å². The third-order valence-corrected chi connectivity index (χ3v) is 2.95. The highest BCUT2D eigenvalue weighted by Gasteiger charge is 2.08. The van der Waals surface area contributed by atoms with Crippen LogP contribution in [0.5, 0.6) is 0 Å². The molecule has 0 saturated carbocycles. The van der Waals surface area contributed by atoms with Crippen molar-refractivity contribution in [2.75, 3.05) is 0 Å². The fourth-order valence-electron chi connectivity index (χ4n) is 1.14. The number of rotatable bonds is 2. The second kappa shape index (κ2) is 4.04. The Kier molecular flexibility index (Phi) is 2.75. The molecule has 2 aromatic rings. The molecule has 0 aromatic carbocycles. The fourth-order valence-corrected chi connectivity index (χ4v) is 1.91. The molecule has 0 aliphatic carbocycles. The second-order valence-electron chi connectivity index (χ2n) is 3.22. The average molecular weight is 223 g/mol. The van der Waals surface area contributed by atoms with Crippen molar-refractivity contribution in [3.05, 3.63) is 34.5 Å². The maximum atomic E-state index is 12.6. The lowest BCUT2D eigenvalue weighted by Gasteiger charge is -1.97. The fraction of sp³-hybridized carbons (Fsp3) is 0.200. The predicted octanol–water partition coefficient (Wildman–Crippen LogP) is 2.36. The number of halogens is 1. The van der Waals surface area contributed by atoms with E-state index in [9.17, 15) is 4.39 Å². The molecule has 0 bridgehead atoms. The van der Waals surface area contributed by atoms with Crippen molar-refractivity contribution in [2.24, 2.45) is 5.73 Å². The first kappa shape index (κ1) is 10.2. The number of nitrogens with two attached hydrogens (primary N) is 1. The number of aromatic nitrogens is 2. The molecule has 15 heavy (non-hydrogen) atoms. The van der Waals surface area contributed by atoms with Crippen LogP contribution in [0.1, 0.15) is 18.0 Å². The largest absolute Gasteiger partial charge is 0.322 e. The molecule has 5 heteroatoms. The van der Waals surface area contributed by atoms with E-state index in [-0.39, 0.29) is 11.9 Å². The van der Waals surface area contributed by atoms with Crippen molar-refractivity contribution in [1.29, 1.82) is 0 Å². The SMILES string of the molecule is CC(N)c1nc(-c2ccc(F)cn2)cs1. The van der Waals surface area contributed by atoms with E-state index in [1.165, 1.54) is 23.6 Å². The maximum absolute atomic E-state index is 12.6. The van der Waals surface area contributed by atoms with E-state index in [1.54, 1.807) is 6.07 Å². The van der Waals surface area contributed by atoms with Gasteiger partial charge in [0, 0.05) is 5.38 Å². The Morgan fingerprint density at radius 3 is 2.73 bits per heavy atom. The zero-order valence-electron chi connectivity index (χ0n) is 8.14. The van der Waals surface area contributed by atoms with Crippen LogP contribution >= 0.6 is 11.3 Å². The summed E-state index contributed by atoms with van der Waals surface area (Å²) in [5.41, 5.74) is 7.11. The molecular formula is C10H10FN3S. The van der Waals surface area contributed by atoms with Gasteiger partial charge in [-0.05, 0) is 19.1 Å². The van der Waals surface area contributed by atoms with Crippen LogP contribution in [-0.4, -0.2) is 9.97 Å². The summed E-state index contributed by atoms with van der Waals surface area (Å²) in [5.74, 6) is -0.346. The summed E-state index contributed by atoms with van der Waals surface area (Å²) < 4.78 is 12.6. The van der Waals surface area contributed by atoms with E-state index >= 15 is 0 Å². The maximum Gasteiger partial charge on any atom is 0.141 e. The number of pyridine rings is 1. The van der Waals surface area contributed by atoms with Gasteiger partial charge in [-0.1, -0.05) is 0 Å². The Balaban J connectivity index is 2.33. The van der Waals surface area contributed by atoms with Crippen LogP contribution in [0.3, 0.4) is 0 Å². The second-order valence-corrected chi connectivity index (χ2v) is 4.11. The highest BCUT2D eigenvalue weighted by molar-refractivity contribution is 7.10. The van der Waals surface area contributed by atoms with E-state index in [0.717, 1.165) is 10.7 Å². The van der Waals surface area contributed by atoms with Crippen LogP contribution in [0.15, 0.2) is 23.7 Å². The van der Waals surface area contributed by atoms with Crippen LogP contribution in [0, 0.1) is 5.82 Å². The molecule has 78 valence electrons. The van der Waals surface area contributed by atoms with Gasteiger partial charge >= 0.3 is 0 Å². The molecule has 2 rings (SSSR count). The molecule has 0 spiro atoms. The first-order chi connectivity index (χ1) is 7.16. The Hall–Kier alpha value is -1.33. The predicted molar refractivity (Wildman–Crippen MR) is 57.9 cm³/mol. The summed E-state index contributed by atoms with van der Waals surface area (Å²) in [6, 6.07) is 2.90. The van der Waals surface area contributed by atoms with Gasteiger partial charge in [-0.25, -0.2) is 9.37 Å². The molecule has 0 aliphatic rings. The van der Waals surface area contributed by atoms with Crippen LogP contribution in [0.4, 0.5) is 4.39 Å². The lowest BCUT2D eigenvalue weighted by atomic mass is 10.3. The first-order valence-electron chi connectivity index (χ1n) is 4.50. The molecule has 0 fully saturated rings. The number of hydrogen-bond donors (Lipinski definition) is 1. The van der Waals surface area contributed by atoms with Gasteiger partial charge in [0.1, 0.15) is 10.8 Å². The van der Waals surface area contributed by atoms with Gasteiger partial charge < -0.3 is 5.73 Å². The summed E-state index contributed by atoms with van der Waals surface area (Å²) >= 11 is 1.49. The van der Waals surface area contributed by atoms with Crippen LogP contribution in [0.2, 0.25) is 0 Å². The average Bonchev–Trinajstić information content (AvgIpc) is 2.68. The lowest BCUT2D eigenvalue weighted by molar-refractivity contribution is 0.622. The van der Waals surface area contributed by atoms with Crippen molar-refractivity contribution in [1.82, 2.24) is 9.97 Å². The summed E-state index contributed by atoms with van der Waals surface area (Å²) in [6.07, 6.45) is 1.18. The summed E-state index contributed by atoms with van der Waals surface area (Å²) in [4.78, 5) is 8.27. The number of nitrogens with zero attached hydrogens (tertiary/aromatic N) is 2. The van der Waals surface area contributed by atoms with Gasteiger partial charge in [0.2, 0.25) is 0 Å².